The Balaban J connectivity index is 0.00000324. The maximum absolute atomic E-state index is 11.3. The highest BCUT2D eigenvalue weighted by molar-refractivity contribution is 6.30. The predicted molar refractivity (Wildman–Crippen MR) is 73.5 cm³/mol. The first-order valence-corrected chi connectivity index (χ1v) is 5.68. The van der Waals surface area contributed by atoms with Crippen molar-refractivity contribution in [3.63, 3.8) is 0 Å². The first-order valence-electron chi connectivity index (χ1n) is 5.30. The number of nitrogens with zero attached hydrogens (tertiary/aromatic N) is 1. The molecule has 1 rings (SSSR count). The second-order valence-corrected chi connectivity index (χ2v) is 4.01. The maximum atomic E-state index is 11.3. The van der Waals surface area contributed by atoms with Gasteiger partial charge < -0.3 is 10.5 Å². The van der Waals surface area contributed by atoms with Gasteiger partial charge in [0.15, 0.2) is 0 Å². The molecule has 1 aromatic rings. The molecule has 0 heterocycles. The Morgan fingerprint density at radius 3 is 2.74 bits per heavy atom. The number of carbonyl (C=O) groups excluding carboxylic acids is 1. The second kappa shape index (κ2) is 7.93. The highest BCUT2D eigenvalue weighted by Crippen LogP contribution is 2.28. The van der Waals surface area contributed by atoms with Gasteiger partial charge in [0.25, 0.3) is 5.69 Å². The first-order chi connectivity index (χ1) is 8.45. The van der Waals surface area contributed by atoms with Crippen LogP contribution in [-0.2, 0) is 9.53 Å². The number of halogens is 2. The fraction of sp³-hybridized carbons (Fsp3) is 0.364. The Labute approximate surface area is 121 Å². The summed E-state index contributed by atoms with van der Waals surface area (Å²) in [6.07, 6.45) is -0.130. The molecule has 0 saturated carbocycles. The Kier molecular flexibility index (Phi) is 7.36. The summed E-state index contributed by atoms with van der Waals surface area (Å²) in [4.78, 5) is 21.6. The van der Waals surface area contributed by atoms with Gasteiger partial charge in [-0.1, -0.05) is 11.6 Å². The van der Waals surface area contributed by atoms with Crippen LogP contribution in [0.1, 0.15) is 24.9 Å². The number of hydrogen-bond acceptors (Lipinski definition) is 5. The monoisotopic (exact) mass is 308 g/mol. The molecule has 0 aliphatic carbocycles. The number of rotatable bonds is 5. The third-order valence-electron chi connectivity index (χ3n) is 2.28. The summed E-state index contributed by atoms with van der Waals surface area (Å²) in [5, 5.41) is 11.2. The lowest BCUT2D eigenvalue weighted by Crippen LogP contribution is -2.18. The summed E-state index contributed by atoms with van der Waals surface area (Å²) < 4.78 is 4.74. The number of carbonyl (C=O) groups is 1. The van der Waals surface area contributed by atoms with Crippen LogP contribution in [-0.4, -0.2) is 17.5 Å². The number of esters is 1. The zero-order valence-corrected chi connectivity index (χ0v) is 11.7. The summed E-state index contributed by atoms with van der Waals surface area (Å²) in [5.74, 6) is -0.501. The van der Waals surface area contributed by atoms with Crippen LogP contribution in [0.4, 0.5) is 5.69 Å². The van der Waals surface area contributed by atoms with Gasteiger partial charge in [0.2, 0.25) is 0 Å². The fourth-order valence-corrected chi connectivity index (χ4v) is 1.68. The molecule has 1 aromatic carbocycles. The lowest BCUT2D eigenvalue weighted by Gasteiger charge is -2.11. The molecule has 1 atom stereocenters. The Bertz CT molecular complexity index is 468. The van der Waals surface area contributed by atoms with E-state index in [9.17, 15) is 14.9 Å². The lowest BCUT2D eigenvalue weighted by atomic mass is 10.0. The molecule has 0 aliphatic rings. The molecule has 0 bridgehead atoms. The number of nitro groups is 1. The van der Waals surface area contributed by atoms with Crippen LogP contribution in [0.5, 0.6) is 0 Å². The molecule has 0 unspecified atom stereocenters. The van der Waals surface area contributed by atoms with Gasteiger partial charge in [-0.3, -0.25) is 14.9 Å². The molecule has 0 aromatic heterocycles. The van der Waals surface area contributed by atoms with E-state index < -0.39 is 16.9 Å². The molecule has 8 heteroatoms. The quantitative estimate of drug-likeness (QED) is 0.512. The minimum Gasteiger partial charge on any atom is -0.466 e. The molecule has 0 saturated heterocycles. The molecule has 0 amide bonds. The van der Waals surface area contributed by atoms with Crippen LogP contribution < -0.4 is 5.73 Å². The Morgan fingerprint density at radius 2 is 2.21 bits per heavy atom. The summed E-state index contributed by atoms with van der Waals surface area (Å²) in [7, 11) is 0. The third-order valence-corrected chi connectivity index (χ3v) is 2.51. The van der Waals surface area contributed by atoms with Crippen LogP contribution in [0, 0.1) is 10.1 Å². The number of ether oxygens (including phenoxy) is 1. The predicted octanol–water partition coefficient (Wildman–Crippen LogP) is 2.62. The van der Waals surface area contributed by atoms with Gasteiger partial charge in [0.05, 0.1) is 18.0 Å². The van der Waals surface area contributed by atoms with E-state index in [-0.39, 0.29) is 36.7 Å². The molecule has 106 valence electrons. The average molecular weight is 309 g/mol. The molecule has 2 N–H and O–H groups in total. The van der Waals surface area contributed by atoms with Crippen LogP contribution in [0.25, 0.3) is 0 Å². The highest BCUT2D eigenvalue weighted by atomic mass is 35.5. The molecule has 6 nitrogen and oxygen atoms in total. The molecular weight excluding hydrogens is 295 g/mol. The van der Waals surface area contributed by atoms with Gasteiger partial charge in [-0.05, 0) is 19.1 Å². The van der Waals surface area contributed by atoms with Crippen molar-refractivity contribution >= 4 is 35.7 Å². The topological polar surface area (TPSA) is 95.5 Å². The van der Waals surface area contributed by atoms with E-state index in [0.717, 1.165) is 0 Å². The van der Waals surface area contributed by atoms with Crippen molar-refractivity contribution < 1.29 is 14.5 Å². The van der Waals surface area contributed by atoms with E-state index in [1.165, 1.54) is 18.2 Å². The van der Waals surface area contributed by atoms with Gasteiger partial charge in [-0.15, -0.1) is 12.4 Å². The molecule has 19 heavy (non-hydrogen) atoms. The van der Waals surface area contributed by atoms with Crippen molar-refractivity contribution in [1.82, 2.24) is 0 Å². The normalized spacial score (nSPS) is 11.3. The molecule has 0 radical (unpaired) electrons. The van der Waals surface area contributed by atoms with E-state index in [2.05, 4.69) is 0 Å². The molecule has 0 aliphatic heterocycles. The SMILES string of the molecule is CCOC(=O)C[C@@H](N)c1cc(Cl)ccc1[N+](=O)[O-].Cl. The van der Waals surface area contributed by atoms with Gasteiger partial charge in [-0.25, -0.2) is 0 Å². The van der Waals surface area contributed by atoms with Crippen LogP contribution >= 0.6 is 24.0 Å². The minimum absolute atomic E-state index is 0. The van der Waals surface area contributed by atoms with Gasteiger partial charge in [0.1, 0.15) is 0 Å². The molecule has 0 fully saturated rings. The first kappa shape index (κ1) is 17.6. The van der Waals surface area contributed by atoms with E-state index >= 15 is 0 Å². The van der Waals surface area contributed by atoms with Crippen molar-refractivity contribution in [3.05, 3.63) is 38.9 Å². The maximum Gasteiger partial charge on any atom is 0.307 e. The zero-order chi connectivity index (χ0) is 13.7. The van der Waals surface area contributed by atoms with Crippen molar-refractivity contribution in [2.45, 2.75) is 19.4 Å². The second-order valence-electron chi connectivity index (χ2n) is 3.58. The summed E-state index contributed by atoms with van der Waals surface area (Å²) >= 11 is 5.77. The van der Waals surface area contributed by atoms with Crippen molar-refractivity contribution in [2.24, 2.45) is 5.73 Å². The van der Waals surface area contributed by atoms with Crippen molar-refractivity contribution in [3.8, 4) is 0 Å². The summed E-state index contributed by atoms with van der Waals surface area (Å²) in [6, 6.07) is 3.25. The van der Waals surface area contributed by atoms with Gasteiger partial charge in [0, 0.05) is 22.7 Å². The molecular formula is C11H14Cl2N2O4. The lowest BCUT2D eigenvalue weighted by molar-refractivity contribution is -0.385. The summed E-state index contributed by atoms with van der Waals surface area (Å²) in [6.45, 7) is 1.91. The summed E-state index contributed by atoms with van der Waals surface area (Å²) in [5.41, 5.74) is 5.84. The van der Waals surface area contributed by atoms with Crippen LogP contribution in [0.2, 0.25) is 5.02 Å². The third kappa shape index (κ3) is 5.02. The highest BCUT2D eigenvalue weighted by Gasteiger charge is 2.22. The van der Waals surface area contributed by atoms with Crippen molar-refractivity contribution in [1.29, 1.82) is 0 Å². The number of benzene rings is 1. The Morgan fingerprint density at radius 1 is 1.58 bits per heavy atom. The fourth-order valence-electron chi connectivity index (χ4n) is 1.50. The number of nitro benzene ring substituents is 1. The number of nitrogens with two attached hydrogens (primary N) is 1. The number of hydrogen-bond donors (Lipinski definition) is 1. The van der Waals surface area contributed by atoms with E-state index in [4.69, 9.17) is 22.1 Å². The average Bonchev–Trinajstić information content (AvgIpc) is 2.28. The van der Waals surface area contributed by atoms with Crippen LogP contribution in [0.3, 0.4) is 0 Å². The largest absolute Gasteiger partial charge is 0.466 e. The van der Waals surface area contributed by atoms with Crippen molar-refractivity contribution in [2.75, 3.05) is 6.61 Å². The zero-order valence-electron chi connectivity index (χ0n) is 10.2. The Hall–Kier alpha value is -1.37. The van der Waals surface area contributed by atoms with E-state index in [0.29, 0.717) is 5.02 Å². The smallest absolute Gasteiger partial charge is 0.307 e. The van der Waals surface area contributed by atoms with Crippen LogP contribution in [0.15, 0.2) is 18.2 Å². The van der Waals surface area contributed by atoms with E-state index in [1.54, 1.807) is 6.92 Å². The van der Waals surface area contributed by atoms with E-state index in [1.807, 2.05) is 0 Å². The van der Waals surface area contributed by atoms with Gasteiger partial charge >= 0.3 is 5.97 Å². The molecule has 0 spiro atoms. The van der Waals surface area contributed by atoms with Gasteiger partial charge in [-0.2, -0.15) is 0 Å². The standard InChI is InChI=1S/C11H13ClN2O4.ClH/c1-2-18-11(15)6-9(13)8-5-7(12)3-4-10(8)14(16)17;/h3-5,9H,2,6,13H2,1H3;1H/t9-;/m1./s1. The minimum atomic E-state index is -0.817.